The molecule has 1 aliphatic carbocycles. The van der Waals surface area contributed by atoms with E-state index in [4.69, 9.17) is 0 Å². The number of amides is 1. The smallest absolute Gasteiger partial charge is 0.261 e. The van der Waals surface area contributed by atoms with Gasteiger partial charge in [0, 0.05) is 24.7 Å². The fourth-order valence-corrected chi connectivity index (χ4v) is 4.03. The van der Waals surface area contributed by atoms with E-state index < -0.39 is 5.60 Å². The van der Waals surface area contributed by atoms with Gasteiger partial charge in [-0.2, -0.15) is 0 Å². The number of piperidine rings is 1. The maximum Gasteiger partial charge on any atom is 0.261 e. The summed E-state index contributed by atoms with van der Waals surface area (Å²) in [6.45, 7) is 4.70. The van der Waals surface area contributed by atoms with E-state index in [9.17, 15) is 14.7 Å². The van der Waals surface area contributed by atoms with E-state index in [1.54, 1.807) is 11.8 Å². The van der Waals surface area contributed by atoms with Gasteiger partial charge in [-0.05, 0) is 44.7 Å². The van der Waals surface area contributed by atoms with Gasteiger partial charge in [0.1, 0.15) is 5.56 Å². The van der Waals surface area contributed by atoms with E-state index in [0.29, 0.717) is 19.5 Å². The molecule has 0 spiro atoms. The molecule has 2 fully saturated rings. The molecule has 22 heavy (non-hydrogen) atoms. The van der Waals surface area contributed by atoms with Crippen molar-refractivity contribution in [3.63, 3.8) is 0 Å². The average Bonchev–Trinajstić information content (AvgIpc) is 2.45. The number of aromatic nitrogens is 1. The summed E-state index contributed by atoms with van der Waals surface area (Å²) in [5, 5.41) is 10.7. The van der Waals surface area contributed by atoms with E-state index in [1.165, 1.54) is 0 Å². The van der Waals surface area contributed by atoms with E-state index in [0.717, 1.165) is 36.9 Å². The number of pyridine rings is 1. The normalized spacial score (nSPS) is 28.3. The Morgan fingerprint density at radius 3 is 2.86 bits per heavy atom. The monoisotopic (exact) mass is 304 g/mol. The molecular weight excluding hydrogens is 280 g/mol. The minimum absolute atomic E-state index is 0.142. The zero-order chi connectivity index (χ0) is 15.9. The average molecular weight is 304 g/mol. The predicted molar refractivity (Wildman–Crippen MR) is 84.0 cm³/mol. The van der Waals surface area contributed by atoms with Gasteiger partial charge >= 0.3 is 0 Å². The highest BCUT2D eigenvalue weighted by Crippen LogP contribution is 2.39. The van der Waals surface area contributed by atoms with Crippen LogP contribution in [0.1, 0.15) is 53.7 Å². The first-order chi connectivity index (χ1) is 10.4. The lowest BCUT2D eigenvalue weighted by atomic mass is 9.71. The molecule has 1 aromatic heterocycles. The van der Waals surface area contributed by atoms with Crippen LogP contribution in [0.5, 0.6) is 0 Å². The highest BCUT2D eigenvalue weighted by atomic mass is 16.3. The third-order valence-corrected chi connectivity index (χ3v) is 5.29. The highest BCUT2D eigenvalue weighted by Gasteiger charge is 2.44. The summed E-state index contributed by atoms with van der Waals surface area (Å²) in [6.07, 6.45) is 4.59. The molecule has 0 aromatic carbocycles. The van der Waals surface area contributed by atoms with Crippen LogP contribution in [-0.2, 0) is 0 Å². The van der Waals surface area contributed by atoms with Gasteiger partial charge in [-0.1, -0.05) is 12.8 Å². The van der Waals surface area contributed by atoms with Crippen LogP contribution in [0.25, 0.3) is 0 Å². The van der Waals surface area contributed by atoms with Crippen molar-refractivity contribution in [1.29, 1.82) is 0 Å². The Morgan fingerprint density at radius 2 is 2.14 bits per heavy atom. The molecule has 2 unspecified atom stereocenters. The quantitative estimate of drug-likeness (QED) is 0.830. The summed E-state index contributed by atoms with van der Waals surface area (Å²) in [6, 6.07) is 1.83. The molecule has 1 amide bonds. The van der Waals surface area contributed by atoms with Crippen molar-refractivity contribution in [3.8, 4) is 0 Å². The van der Waals surface area contributed by atoms with Crippen molar-refractivity contribution in [2.75, 3.05) is 13.1 Å². The first kappa shape index (κ1) is 15.3. The zero-order valence-corrected chi connectivity index (χ0v) is 13.3. The van der Waals surface area contributed by atoms with Crippen LogP contribution in [0, 0.1) is 19.8 Å². The fraction of sp³-hybridized carbons (Fsp3) is 0.647. The number of nitrogens with zero attached hydrogens (tertiary/aromatic N) is 1. The van der Waals surface area contributed by atoms with Crippen LogP contribution in [0.4, 0.5) is 0 Å². The van der Waals surface area contributed by atoms with Gasteiger partial charge in [0.2, 0.25) is 0 Å². The number of aryl methyl sites for hydroxylation is 2. The van der Waals surface area contributed by atoms with Crippen molar-refractivity contribution in [3.05, 3.63) is 33.2 Å². The van der Waals surface area contributed by atoms with Crippen LogP contribution in [0.3, 0.4) is 0 Å². The molecule has 2 N–H and O–H groups in total. The Bertz CT molecular complexity index is 652. The number of likely N-dealkylation sites (tertiary alicyclic amines) is 1. The minimum atomic E-state index is -0.607. The summed E-state index contributed by atoms with van der Waals surface area (Å²) in [7, 11) is 0. The molecular formula is C17H24N2O3. The number of H-pyrrole nitrogens is 1. The third-order valence-electron chi connectivity index (χ3n) is 5.29. The molecule has 2 aliphatic rings. The van der Waals surface area contributed by atoms with Gasteiger partial charge in [-0.15, -0.1) is 0 Å². The first-order valence-corrected chi connectivity index (χ1v) is 8.13. The fourth-order valence-electron chi connectivity index (χ4n) is 4.03. The second-order valence-corrected chi connectivity index (χ2v) is 6.89. The molecule has 120 valence electrons. The van der Waals surface area contributed by atoms with Crippen LogP contribution >= 0.6 is 0 Å². The number of aliphatic hydroxyl groups is 1. The van der Waals surface area contributed by atoms with Crippen molar-refractivity contribution in [1.82, 2.24) is 9.88 Å². The van der Waals surface area contributed by atoms with Gasteiger partial charge in [-0.25, -0.2) is 0 Å². The molecule has 1 saturated carbocycles. The Morgan fingerprint density at radius 1 is 1.36 bits per heavy atom. The molecule has 1 saturated heterocycles. The summed E-state index contributed by atoms with van der Waals surface area (Å²) in [5.74, 6) is -0.0600. The van der Waals surface area contributed by atoms with E-state index in [2.05, 4.69) is 4.98 Å². The molecule has 1 aliphatic heterocycles. The summed E-state index contributed by atoms with van der Waals surface area (Å²) in [4.78, 5) is 29.4. The number of carbonyl (C=O) groups is 1. The Balaban J connectivity index is 1.84. The van der Waals surface area contributed by atoms with Gasteiger partial charge < -0.3 is 15.0 Å². The molecule has 2 atom stereocenters. The number of nitrogens with one attached hydrogen (secondary N) is 1. The van der Waals surface area contributed by atoms with Crippen molar-refractivity contribution >= 4 is 5.91 Å². The maximum absolute atomic E-state index is 12.8. The lowest BCUT2D eigenvalue weighted by Gasteiger charge is -2.47. The standard InChI is InChI=1S/C17H24N2O3/c1-11-9-12(2)18-15(20)14(11)16(21)19-8-7-17(22)6-4-3-5-13(17)10-19/h9,13,22H,3-8,10H2,1-2H3,(H,18,20). The van der Waals surface area contributed by atoms with Crippen molar-refractivity contribution in [2.45, 2.75) is 51.6 Å². The number of fused-ring (bicyclic) bond motifs is 1. The van der Waals surface area contributed by atoms with Crippen LogP contribution < -0.4 is 5.56 Å². The van der Waals surface area contributed by atoms with Crippen molar-refractivity contribution < 1.29 is 9.90 Å². The molecule has 3 rings (SSSR count). The third kappa shape index (κ3) is 2.58. The Labute approximate surface area is 130 Å². The number of hydrogen-bond donors (Lipinski definition) is 2. The molecule has 5 heteroatoms. The second kappa shape index (κ2) is 5.54. The molecule has 1 aromatic rings. The number of rotatable bonds is 1. The topological polar surface area (TPSA) is 73.4 Å². The lowest BCUT2D eigenvalue weighted by molar-refractivity contribution is -0.0886. The second-order valence-electron chi connectivity index (χ2n) is 6.89. The Kier molecular flexibility index (Phi) is 3.85. The van der Waals surface area contributed by atoms with E-state index in [-0.39, 0.29) is 22.9 Å². The van der Waals surface area contributed by atoms with Crippen LogP contribution in [-0.4, -0.2) is 39.6 Å². The molecule has 5 nitrogen and oxygen atoms in total. The SMILES string of the molecule is Cc1cc(C)c(C(=O)N2CCC3(O)CCCCC3C2)c(=O)[nH]1. The summed E-state index contributed by atoms with van der Waals surface area (Å²) < 4.78 is 0. The largest absolute Gasteiger partial charge is 0.389 e. The Hall–Kier alpha value is -1.62. The minimum Gasteiger partial charge on any atom is -0.389 e. The van der Waals surface area contributed by atoms with Crippen molar-refractivity contribution in [2.24, 2.45) is 5.92 Å². The zero-order valence-electron chi connectivity index (χ0n) is 13.3. The van der Waals surface area contributed by atoms with E-state index >= 15 is 0 Å². The summed E-state index contributed by atoms with van der Waals surface area (Å²) >= 11 is 0. The van der Waals surface area contributed by atoms with Gasteiger partial charge in [0.05, 0.1) is 5.60 Å². The molecule has 0 bridgehead atoms. The number of hydrogen-bond acceptors (Lipinski definition) is 3. The molecule has 2 heterocycles. The number of aromatic amines is 1. The highest BCUT2D eigenvalue weighted by molar-refractivity contribution is 5.95. The molecule has 0 radical (unpaired) electrons. The first-order valence-electron chi connectivity index (χ1n) is 8.13. The number of carbonyl (C=O) groups excluding carboxylic acids is 1. The predicted octanol–water partition coefficient (Wildman–Crippen LogP) is 1.76. The van der Waals surface area contributed by atoms with Gasteiger partial charge in [-0.3, -0.25) is 9.59 Å². The van der Waals surface area contributed by atoms with Gasteiger partial charge in [0.15, 0.2) is 0 Å². The summed E-state index contributed by atoms with van der Waals surface area (Å²) in [5.41, 5.74) is 0.804. The van der Waals surface area contributed by atoms with Crippen LogP contribution in [0.2, 0.25) is 0 Å². The maximum atomic E-state index is 12.8. The van der Waals surface area contributed by atoms with Gasteiger partial charge in [0.25, 0.3) is 11.5 Å². The van der Waals surface area contributed by atoms with E-state index in [1.807, 2.05) is 13.0 Å². The van der Waals surface area contributed by atoms with Crippen LogP contribution in [0.15, 0.2) is 10.9 Å². The lowest BCUT2D eigenvalue weighted by Crippen LogP contribution is -2.55.